The van der Waals surface area contributed by atoms with Crippen LogP contribution in [0.3, 0.4) is 0 Å². The van der Waals surface area contributed by atoms with Crippen molar-refractivity contribution >= 4 is 12.1 Å². The SMILES string of the molecule is CC(CCCC(=O)OCCO)CC(C)(C)CNC(=O)OCNO. The fraction of sp³-hybridized carbons (Fsp3) is 0.867. The molecule has 0 aromatic heterocycles. The van der Waals surface area contributed by atoms with Gasteiger partial charge in [0.15, 0.2) is 6.73 Å². The van der Waals surface area contributed by atoms with Crippen LogP contribution in [0.5, 0.6) is 0 Å². The van der Waals surface area contributed by atoms with Gasteiger partial charge in [0.1, 0.15) is 6.61 Å². The van der Waals surface area contributed by atoms with Crippen LogP contribution in [-0.4, -0.2) is 48.9 Å². The van der Waals surface area contributed by atoms with E-state index < -0.39 is 6.09 Å². The van der Waals surface area contributed by atoms with Crippen LogP contribution < -0.4 is 10.8 Å². The minimum absolute atomic E-state index is 0.0506. The zero-order valence-electron chi connectivity index (χ0n) is 14.3. The molecule has 0 rings (SSSR count). The van der Waals surface area contributed by atoms with Gasteiger partial charge in [-0.05, 0) is 24.2 Å². The molecule has 23 heavy (non-hydrogen) atoms. The van der Waals surface area contributed by atoms with Crippen LogP contribution in [0.1, 0.15) is 46.5 Å². The number of hydrogen-bond acceptors (Lipinski definition) is 7. The van der Waals surface area contributed by atoms with Gasteiger partial charge in [-0.15, -0.1) is 0 Å². The number of hydroxylamine groups is 1. The predicted octanol–water partition coefficient (Wildman–Crippen LogP) is 1.41. The molecule has 4 N–H and O–H groups in total. The number of nitrogens with one attached hydrogen (secondary N) is 2. The maximum atomic E-state index is 11.3. The van der Waals surface area contributed by atoms with Crippen molar-refractivity contribution < 1.29 is 29.4 Å². The fourth-order valence-electron chi connectivity index (χ4n) is 2.40. The molecule has 1 atom stereocenters. The molecule has 0 aliphatic rings. The highest BCUT2D eigenvalue weighted by Gasteiger charge is 2.22. The highest BCUT2D eigenvalue weighted by molar-refractivity contribution is 5.69. The van der Waals surface area contributed by atoms with Gasteiger partial charge in [0, 0.05) is 13.0 Å². The summed E-state index contributed by atoms with van der Waals surface area (Å²) in [7, 11) is 0. The van der Waals surface area contributed by atoms with Crippen molar-refractivity contribution in [3.8, 4) is 0 Å². The standard InChI is InChI=1S/C15H30N2O6/c1-12(5-4-6-13(19)22-8-7-18)9-15(2,3)10-16-14(20)23-11-17-21/h12,17-18,21H,4-11H2,1-3H3,(H,16,20). The number of amides is 1. The first-order valence-corrected chi connectivity index (χ1v) is 7.85. The van der Waals surface area contributed by atoms with Crippen molar-refractivity contribution in [3.05, 3.63) is 0 Å². The number of aliphatic hydroxyl groups is 1. The molecule has 136 valence electrons. The molecular weight excluding hydrogens is 304 g/mol. The zero-order chi connectivity index (χ0) is 17.7. The first-order chi connectivity index (χ1) is 10.8. The maximum Gasteiger partial charge on any atom is 0.408 e. The van der Waals surface area contributed by atoms with Crippen molar-refractivity contribution in [1.29, 1.82) is 0 Å². The van der Waals surface area contributed by atoms with Crippen LogP contribution in [0.2, 0.25) is 0 Å². The van der Waals surface area contributed by atoms with E-state index in [1.54, 1.807) is 5.48 Å². The Labute approximate surface area is 137 Å². The monoisotopic (exact) mass is 334 g/mol. The van der Waals surface area contributed by atoms with E-state index in [1.165, 1.54) is 0 Å². The second-order valence-corrected chi connectivity index (χ2v) is 6.40. The van der Waals surface area contributed by atoms with Crippen molar-refractivity contribution in [1.82, 2.24) is 10.8 Å². The molecule has 0 aromatic rings. The van der Waals surface area contributed by atoms with Crippen molar-refractivity contribution in [2.45, 2.75) is 46.5 Å². The molecule has 8 nitrogen and oxygen atoms in total. The van der Waals surface area contributed by atoms with E-state index >= 15 is 0 Å². The van der Waals surface area contributed by atoms with Gasteiger partial charge >= 0.3 is 12.1 Å². The molecule has 0 heterocycles. The first-order valence-electron chi connectivity index (χ1n) is 7.85. The summed E-state index contributed by atoms with van der Waals surface area (Å²) in [6.45, 7) is 6.30. The molecule has 0 saturated heterocycles. The molecule has 0 spiro atoms. The number of rotatable bonds is 12. The Hall–Kier alpha value is -1.38. The molecule has 0 bridgehead atoms. The number of hydrogen-bond donors (Lipinski definition) is 4. The Balaban J connectivity index is 3.90. The summed E-state index contributed by atoms with van der Waals surface area (Å²) in [6.07, 6.45) is 2.27. The second kappa shape index (κ2) is 12.1. The van der Waals surface area contributed by atoms with E-state index in [-0.39, 0.29) is 31.3 Å². The Kier molecular flexibility index (Phi) is 11.4. The van der Waals surface area contributed by atoms with Gasteiger partial charge in [0.25, 0.3) is 0 Å². The van der Waals surface area contributed by atoms with Gasteiger partial charge < -0.3 is 25.1 Å². The summed E-state index contributed by atoms with van der Waals surface area (Å²) in [5, 5.41) is 19.5. The smallest absolute Gasteiger partial charge is 0.408 e. The zero-order valence-corrected chi connectivity index (χ0v) is 14.3. The normalized spacial score (nSPS) is 12.6. The molecule has 1 unspecified atom stereocenters. The molecule has 0 saturated carbocycles. The van der Waals surface area contributed by atoms with E-state index in [2.05, 4.69) is 17.0 Å². The number of ether oxygens (including phenoxy) is 2. The van der Waals surface area contributed by atoms with Crippen LogP contribution in [0.25, 0.3) is 0 Å². The lowest BCUT2D eigenvalue weighted by Crippen LogP contribution is -2.36. The lowest BCUT2D eigenvalue weighted by Gasteiger charge is -2.28. The summed E-state index contributed by atoms with van der Waals surface area (Å²) in [6, 6.07) is 0. The number of esters is 1. The third-order valence-electron chi connectivity index (χ3n) is 3.31. The molecule has 1 amide bonds. The third kappa shape index (κ3) is 12.8. The topological polar surface area (TPSA) is 117 Å². The van der Waals surface area contributed by atoms with Crippen molar-refractivity contribution in [2.24, 2.45) is 11.3 Å². The Morgan fingerprint density at radius 2 is 1.96 bits per heavy atom. The molecule has 8 heteroatoms. The fourth-order valence-corrected chi connectivity index (χ4v) is 2.40. The number of alkyl carbamates (subject to hydrolysis) is 1. The van der Waals surface area contributed by atoms with Crippen LogP contribution in [0.15, 0.2) is 0 Å². The van der Waals surface area contributed by atoms with E-state index in [0.29, 0.717) is 18.9 Å². The highest BCUT2D eigenvalue weighted by atomic mass is 16.6. The van der Waals surface area contributed by atoms with Crippen molar-refractivity contribution in [2.75, 3.05) is 26.5 Å². The summed E-state index contributed by atoms with van der Waals surface area (Å²) < 4.78 is 9.43. The molecule has 0 aromatic carbocycles. The number of carbonyl (C=O) groups is 2. The minimum Gasteiger partial charge on any atom is -0.463 e. The molecular formula is C15H30N2O6. The molecule has 0 radical (unpaired) electrons. The summed E-state index contributed by atoms with van der Waals surface area (Å²) in [5.74, 6) is 0.111. The van der Waals surface area contributed by atoms with Gasteiger partial charge in [-0.2, -0.15) is 5.48 Å². The van der Waals surface area contributed by atoms with Crippen LogP contribution in [0.4, 0.5) is 4.79 Å². The second-order valence-electron chi connectivity index (χ2n) is 6.40. The number of carbonyl (C=O) groups excluding carboxylic acids is 2. The Morgan fingerprint density at radius 1 is 1.26 bits per heavy atom. The summed E-state index contributed by atoms with van der Waals surface area (Å²) in [5.41, 5.74) is 1.63. The quantitative estimate of drug-likeness (QED) is 0.242. The molecule has 0 aliphatic heterocycles. The minimum atomic E-state index is -0.584. The third-order valence-corrected chi connectivity index (χ3v) is 3.31. The lowest BCUT2D eigenvalue weighted by molar-refractivity contribution is -0.144. The van der Waals surface area contributed by atoms with Gasteiger partial charge in [-0.25, -0.2) is 4.79 Å². The summed E-state index contributed by atoms with van der Waals surface area (Å²) >= 11 is 0. The van der Waals surface area contributed by atoms with E-state index in [9.17, 15) is 9.59 Å². The largest absolute Gasteiger partial charge is 0.463 e. The Morgan fingerprint density at radius 3 is 2.57 bits per heavy atom. The highest BCUT2D eigenvalue weighted by Crippen LogP contribution is 2.27. The maximum absolute atomic E-state index is 11.3. The first kappa shape index (κ1) is 21.6. The number of aliphatic hydroxyl groups excluding tert-OH is 1. The predicted molar refractivity (Wildman–Crippen MR) is 83.7 cm³/mol. The average molecular weight is 334 g/mol. The van der Waals surface area contributed by atoms with E-state index in [1.807, 2.05) is 13.8 Å². The summed E-state index contributed by atoms with van der Waals surface area (Å²) in [4.78, 5) is 22.6. The Bertz CT molecular complexity index is 349. The van der Waals surface area contributed by atoms with Crippen LogP contribution in [0, 0.1) is 11.3 Å². The average Bonchev–Trinajstić information content (AvgIpc) is 2.48. The van der Waals surface area contributed by atoms with E-state index in [4.69, 9.17) is 15.1 Å². The molecule has 0 fully saturated rings. The van der Waals surface area contributed by atoms with Gasteiger partial charge in [0.2, 0.25) is 0 Å². The lowest BCUT2D eigenvalue weighted by atomic mass is 9.81. The van der Waals surface area contributed by atoms with Gasteiger partial charge in [0.05, 0.1) is 6.61 Å². The van der Waals surface area contributed by atoms with Crippen LogP contribution >= 0.6 is 0 Å². The van der Waals surface area contributed by atoms with Crippen molar-refractivity contribution in [3.63, 3.8) is 0 Å². The van der Waals surface area contributed by atoms with Gasteiger partial charge in [-0.3, -0.25) is 4.79 Å². The van der Waals surface area contributed by atoms with Crippen LogP contribution in [-0.2, 0) is 14.3 Å². The molecule has 0 aliphatic carbocycles. The van der Waals surface area contributed by atoms with E-state index in [0.717, 1.165) is 19.3 Å². The van der Waals surface area contributed by atoms with Gasteiger partial charge in [-0.1, -0.05) is 27.2 Å².